The fraction of sp³-hybridized carbons (Fsp3) is 0.133. The van der Waals surface area contributed by atoms with Gasteiger partial charge in [0.15, 0.2) is 5.13 Å². The summed E-state index contributed by atoms with van der Waals surface area (Å²) < 4.78 is 1.02. The van der Waals surface area contributed by atoms with Crippen LogP contribution in [0.5, 0.6) is 0 Å². The van der Waals surface area contributed by atoms with E-state index in [4.69, 9.17) is 0 Å². The lowest BCUT2D eigenvalue weighted by molar-refractivity contribution is 0.102. The Hall–Kier alpha value is -1.70. The summed E-state index contributed by atoms with van der Waals surface area (Å²) in [4.78, 5) is 20.9. The molecule has 0 atom stereocenters. The van der Waals surface area contributed by atoms with Crippen LogP contribution in [0.3, 0.4) is 0 Å². The van der Waals surface area contributed by atoms with E-state index in [1.807, 2.05) is 41.9 Å². The van der Waals surface area contributed by atoms with Crippen molar-refractivity contribution in [2.45, 2.75) is 17.0 Å². The summed E-state index contributed by atoms with van der Waals surface area (Å²) in [5.74, 6) is 0.593. The minimum atomic E-state index is -0.124. The number of aromatic nitrogens is 2. The second-order valence-corrected chi connectivity index (χ2v) is 7.47. The van der Waals surface area contributed by atoms with Gasteiger partial charge in [0.05, 0.1) is 0 Å². The molecule has 22 heavy (non-hydrogen) atoms. The number of amides is 1. The first-order valence-electron chi connectivity index (χ1n) is 6.56. The summed E-state index contributed by atoms with van der Waals surface area (Å²) >= 11 is 4.69. The Morgan fingerprint density at radius 2 is 2.18 bits per heavy atom. The predicted octanol–water partition coefficient (Wildman–Crippen LogP) is 4.45. The Morgan fingerprint density at radius 1 is 1.32 bits per heavy atom. The molecule has 0 aliphatic rings. The van der Waals surface area contributed by atoms with Crippen LogP contribution in [0.2, 0.25) is 0 Å². The molecule has 0 aliphatic carbocycles. The molecule has 0 fully saturated rings. The number of rotatable bonds is 5. The van der Waals surface area contributed by atoms with Crippen molar-refractivity contribution in [2.75, 3.05) is 5.32 Å². The maximum absolute atomic E-state index is 12.4. The number of carbonyl (C=O) groups is 1. The second-order valence-electron chi connectivity index (χ2n) is 4.49. The van der Waals surface area contributed by atoms with E-state index in [0.717, 1.165) is 15.6 Å². The summed E-state index contributed by atoms with van der Waals surface area (Å²) in [6, 6.07) is 7.64. The summed E-state index contributed by atoms with van der Waals surface area (Å²) in [6.07, 6.45) is 1.67. The van der Waals surface area contributed by atoms with Crippen molar-refractivity contribution in [3.63, 3.8) is 0 Å². The molecule has 1 amide bonds. The van der Waals surface area contributed by atoms with Crippen molar-refractivity contribution in [2.24, 2.45) is 0 Å². The van der Waals surface area contributed by atoms with Crippen LogP contribution in [-0.2, 0) is 5.75 Å². The van der Waals surface area contributed by atoms with Crippen LogP contribution in [0.1, 0.15) is 21.6 Å². The number of thioether (sulfide) groups is 1. The number of anilines is 1. The number of nitrogens with one attached hydrogen (secondary N) is 1. The highest BCUT2D eigenvalue weighted by Crippen LogP contribution is 2.27. The lowest BCUT2D eigenvalue weighted by Crippen LogP contribution is -2.13. The lowest BCUT2D eigenvalue weighted by atomic mass is 10.1. The third kappa shape index (κ3) is 3.73. The van der Waals surface area contributed by atoms with E-state index >= 15 is 0 Å². The van der Waals surface area contributed by atoms with Crippen molar-refractivity contribution in [1.29, 1.82) is 0 Å². The van der Waals surface area contributed by atoms with Gasteiger partial charge in [-0.15, -0.1) is 22.7 Å². The minimum Gasteiger partial charge on any atom is -0.298 e. The van der Waals surface area contributed by atoms with Gasteiger partial charge in [-0.3, -0.25) is 10.1 Å². The van der Waals surface area contributed by atoms with Crippen LogP contribution in [0, 0.1) is 6.92 Å². The Balaban J connectivity index is 1.73. The van der Waals surface area contributed by atoms with Gasteiger partial charge in [0.25, 0.3) is 5.91 Å². The van der Waals surface area contributed by atoms with Crippen molar-refractivity contribution >= 4 is 45.5 Å². The third-order valence-electron chi connectivity index (χ3n) is 2.86. The van der Waals surface area contributed by atoms with E-state index in [1.165, 1.54) is 11.3 Å². The maximum atomic E-state index is 12.4. The van der Waals surface area contributed by atoms with E-state index in [0.29, 0.717) is 16.4 Å². The molecule has 0 saturated carbocycles. The molecule has 3 aromatic rings. The van der Waals surface area contributed by atoms with Gasteiger partial charge >= 0.3 is 0 Å². The van der Waals surface area contributed by atoms with Gasteiger partial charge in [0, 0.05) is 34.0 Å². The largest absolute Gasteiger partial charge is 0.298 e. The molecule has 1 aromatic carbocycles. The molecule has 4 nitrogen and oxygen atoms in total. The molecule has 0 bridgehead atoms. The Bertz CT molecular complexity index is 768. The topological polar surface area (TPSA) is 54.9 Å². The minimum absolute atomic E-state index is 0.124. The standard InChI is InChI=1S/C15H13N3OS3/c1-10-8-21-15(17-10)22-9-11-4-2-3-5-12(11)13(19)18-14-16-6-7-20-14/h2-8H,9H2,1H3,(H,16,18,19). The maximum Gasteiger partial charge on any atom is 0.257 e. The molecule has 0 unspecified atom stereocenters. The molecular formula is C15H13N3OS3. The van der Waals surface area contributed by atoms with Crippen LogP contribution >= 0.6 is 34.4 Å². The first-order chi connectivity index (χ1) is 10.7. The molecule has 112 valence electrons. The summed E-state index contributed by atoms with van der Waals surface area (Å²) in [7, 11) is 0. The average Bonchev–Trinajstić information content (AvgIpc) is 3.17. The Morgan fingerprint density at radius 3 is 2.91 bits per heavy atom. The van der Waals surface area contributed by atoms with Gasteiger partial charge in [-0.25, -0.2) is 9.97 Å². The zero-order valence-electron chi connectivity index (χ0n) is 11.8. The van der Waals surface area contributed by atoms with Crippen LogP contribution in [0.15, 0.2) is 45.6 Å². The van der Waals surface area contributed by atoms with Crippen LogP contribution in [0.25, 0.3) is 0 Å². The predicted molar refractivity (Wildman–Crippen MR) is 92.9 cm³/mol. The molecular weight excluding hydrogens is 334 g/mol. The number of nitrogens with zero attached hydrogens (tertiary/aromatic N) is 2. The fourth-order valence-corrected chi connectivity index (χ4v) is 4.23. The highest BCUT2D eigenvalue weighted by molar-refractivity contribution is 8.00. The summed E-state index contributed by atoms with van der Waals surface area (Å²) in [5.41, 5.74) is 2.70. The average molecular weight is 347 g/mol. The third-order valence-corrected chi connectivity index (χ3v) is 5.74. The molecule has 2 heterocycles. The normalized spacial score (nSPS) is 10.6. The van der Waals surface area contributed by atoms with Crippen molar-refractivity contribution < 1.29 is 4.79 Å². The van der Waals surface area contributed by atoms with Crippen molar-refractivity contribution in [1.82, 2.24) is 9.97 Å². The van der Waals surface area contributed by atoms with Gasteiger partial charge in [-0.1, -0.05) is 30.0 Å². The van der Waals surface area contributed by atoms with Crippen molar-refractivity contribution in [3.8, 4) is 0 Å². The lowest BCUT2D eigenvalue weighted by Gasteiger charge is -2.08. The molecule has 0 aliphatic heterocycles. The van der Waals surface area contributed by atoms with E-state index in [2.05, 4.69) is 15.3 Å². The fourth-order valence-electron chi connectivity index (χ4n) is 1.86. The SMILES string of the molecule is Cc1csc(SCc2ccccc2C(=O)Nc2nccs2)n1. The highest BCUT2D eigenvalue weighted by Gasteiger charge is 2.13. The quantitative estimate of drug-likeness (QED) is 0.693. The zero-order valence-corrected chi connectivity index (χ0v) is 14.2. The number of benzene rings is 1. The number of hydrogen-bond acceptors (Lipinski definition) is 6. The number of carbonyl (C=O) groups excluding carboxylic acids is 1. The van der Waals surface area contributed by atoms with Gasteiger partial charge in [-0.05, 0) is 18.6 Å². The van der Waals surface area contributed by atoms with E-state index in [1.54, 1.807) is 29.3 Å². The first kappa shape index (κ1) is 15.2. The van der Waals surface area contributed by atoms with E-state index in [-0.39, 0.29) is 5.91 Å². The highest BCUT2D eigenvalue weighted by atomic mass is 32.2. The molecule has 2 aromatic heterocycles. The molecule has 0 saturated heterocycles. The molecule has 0 spiro atoms. The number of thiazole rings is 2. The Kier molecular flexibility index (Phi) is 4.87. The van der Waals surface area contributed by atoms with Crippen LogP contribution in [-0.4, -0.2) is 15.9 Å². The molecule has 3 rings (SSSR count). The van der Waals surface area contributed by atoms with E-state index < -0.39 is 0 Å². The summed E-state index contributed by atoms with van der Waals surface area (Å²) in [6.45, 7) is 1.98. The molecule has 0 radical (unpaired) electrons. The zero-order chi connectivity index (χ0) is 15.4. The second kappa shape index (κ2) is 7.04. The van der Waals surface area contributed by atoms with Gasteiger partial charge in [0.1, 0.15) is 4.34 Å². The molecule has 1 N–H and O–H groups in total. The monoisotopic (exact) mass is 347 g/mol. The number of aryl methyl sites for hydroxylation is 1. The molecule has 7 heteroatoms. The van der Waals surface area contributed by atoms with Crippen LogP contribution in [0.4, 0.5) is 5.13 Å². The summed E-state index contributed by atoms with van der Waals surface area (Å²) in [5, 5.41) is 7.31. The van der Waals surface area contributed by atoms with Gasteiger partial charge in [0.2, 0.25) is 0 Å². The van der Waals surface area contributed by atoms with Crippen LogP contribution < -0.4 is 5.32 Å². The van der Waals surface area contributed by atoms with Crippen molar-refractivity contribution in [3.05, 3.63) is 58.0 Å². The van der Waals surface area contributed by atoms with Gasteiger partial charge in [-0.2, -0.15) is 0 Å². The smallest absolute Gasteiger partial charge is 0.257 e. The Labute approximate surface area is 140 Å². The van der Waals surface area contributed by atoms with Gasteiger partial charge < -0.3 is 0 Å². The number of hydrogen-bond donors (Lipinski definition) is 1. The van der Waals surface area contributed by atoms with E-state index in [9.17, 15) is 4.79 Å². The first-order valence-corrected chi connectivity index (χ1v) is 9.30.